The van der Waals surface area contributed by atoms with Crippen molar-refractivity contribution in [2.24, 2.45) is 0 Å². The monoisotopic (exact) mass is 314 g/mol. The molecule has 0 aliphatic carbocycles. The molecule has 3 aromatic carbocycles. The average molecular weight is 314 g/mol. The van der Waals surface area contributed by atoms with Crippen LogP contribution in [0.4, 0.5) is 17.1 Å². The van der Waals surface area contributed by atoms with Crippen molar-refractivity contribution in [2.45, 2.75) is 4.90 Å². The molecule has 0 heterocycles. The van der Waals surface area contributed by atoms with Gasteiger partial charge in [0.2, 0.25) is 0 Å². The molecule has 0 aliphatic heterocycles. The summed E-state index contributed by atoms with van der Waals surface area (Å²) in [5.74, 6) is 0. The van der Waals surface area contributed by atoms with Gasteiger partial charge in [-0.1, -0.05) is 12.1 Å². The highest BCUT2D eigenvalue weighted by Crippen LogP contribution is 2.25. The highest BCUT2D eigenvalue weighted by molar-refractivity contribution is 7.85. The molecule has 22 heavy (non-hydrogen) atoms. The summed E-state index contributed by atoms with van der Waals surface area (Å²) >= 11 is 0. The zero-order valence-corrected chi connectivity index (χ0v) is 12.3. The lowest BCUT2D eigenvalue weighted by molar-refractivity contribution is 0.483. The SMILES string of the molecule is Nc1ccc(Nc2ccc3cc(S(=O)(=O)O)ccc3c2)cc1. The summed E-state index contributed by atoms with van der Waals surface area (Å²) in [7, 11) is -4.18. The minimum Gasteiger partial charge on any atom is -0.399 e. The minimum atomic E-state index is -4.18. The lowest BCUT2D eigenvalue weighted by Crippen LogP contribution is -1.97. The molecule has 0 bridgehead atoms. The first kappa shape index (κ1) is 14.4. The Morgan fingerprint density at radius 3 is 2.09 bits per heavy atom. The van der Waals surface area contributed by atoms with E-state index in [0.717, 1.165) is 22.1 Å². The minimum absolute atomic E-state index is 0.112. The van der Waals surface area contributed by atoms with Crippen molar-refractivity contribution in [1.29, 1.82) is 0 Å². The molecule has 3 rings (SSSR count). The Kier molecular flexibility index (Phi) is 3.48. The van der Waals surface area contributed by atoms with Gasteiger partial charge in [-0.3, -0.25) is 4.55 Å². The first-order chi connectivity index (χ1) is 10.4. The summed E-state index contributed by atoms with van der Waals surface area (Å²) in [4.78, 5) is -0.112. The molecule has 5 nitrogen and oxygen atoms in total. The van der Waals surface area contributed by atoms with Crippen molar-refractivity contribution in [2.75, 3.05) is 11.1 Å². The molecule has 0 atom stereocenters. The Hall–Kier alpha value is -2.57. The normalized spacial score (nSPS) is 11.5. The average Bonchev–Trinajstić information content (AvgIpc) is 2.48. The zero-order chi connectivity index (χ0) is 15.7. The molecule has 0 fully saturated rings. The molecule has 0 aromatic heterocycles. The summed E-state index contributed by atoms with van der Waals surface area (Å²) < 4.78 is 31.4. The molecule has 3 aromatic rings. The van der Waals surface area contributed by atoms with Crippen LogP contribution in [0.25, 0.3) is 10.8 Å². The van der Waals surface area contributed by atoms with Gasteiger partial charge in [0.25, 0.3) is 10.1 Å². The van der Waals surface area contributed by atoms with Crippen LogP contribution in [0.15, 0.2) is 65.6 Å². The van der Waals surface area contributed by atoms with E-state index in [1.165, 1.54) is 12.1 Å². The van der Waals surface area contributed by atoms with E-state index < -0.39 is 10.1 Å². The maximum atomic E-state index is 11.1. The molecule has 4 N–H and O–H groups in total. The molecule has 6 heteroatoms. The summed E-state index contributed by atoms with van der Waals surface area (Å²) in [6.07, 6.45) is 0. The largest absolute Gasteiger partial charge is 0.399 e. The van der Waals surface area contributed by atoms with Gasteiger partial charge in [0.15, 0.2) is 0 Å². The number of anilines is 3. The van der Waals surface area contributed by atoms with Crippen molar-refractivity contribution in [3.63, 3.8) is 0 Å². The van der Waals surface area contributed by atoms with Crippen LogP contribution in [0, 0.1) is 0 Å². The van der Waals surface area contributed by atoms with E-state index in [-0.39, 0.29) is 4.90 Å². The Morgan fingerprint density at radius 2 is 1.41 bits per heavy atom. The standard InChI is InChI=1S/C16H14N2O3S/c17-13-3-6-14(7-4-13)18-15-5-1-12-10-16(22(19,20)21)8-2-11(12)9-15/h1-10,18H,17H2,(H,19,20,21). The van der Waals surface area contributed by atoms with Crippen LogP contribution in [-0.4, -0.2) is 13.0 Å². The Morgan fingerprint density at radius 1 is 0.818 bits per heavy atom. The number of fused-ring (bicyclic) bond motifs is 1. The fourth-order valence-corrected chi connectivity index (χ4v) is 2.71. The maximum absolute atomic E-state index is 11.1. The molecule has 0 spiro atoms. The van der Waals surface area contributed by atoms with Gasteiger partial charge in [-0.05, 0) is 59.3 Å². The molecule has 0 amide bonds. The Balaban J connectivity index is 1.95. The van der Waals surface area contributed by atoms with Crippen LogP contribution >= 0.6 is 0 Å². The summed E-state index contributed by atoms with van der Waals surface area (Å²) in [6, 6.07) is 17.4. The number of nitrogens with one attached hydrogen (secondary N) is 1. The van der Waals surface area contributed by atoms with Gasteiger partial charge in [0.05, 0.1) is 4.90 Å². The maximum Gasteiger partial charge on any atom is 0.294 e. The van der Waals surface area contributed by atoms with E-state index in [2.05, 4.69) is 5.32 Å². The number of rotatable bonds is 3. The first-order valence-electron chi connectivity index (χ1n) is 6.56. The molecule has 0 saturated heterocycles. The predicted octanol–water partition coefficient (Wildman–Crippen LogP) is 3.41. The predicted molar refractivity (Wildman–Crippen MR) is 87.9 cm³/mol. The molecule has 0 saturated carbocycles. The van der Waals surface area contributed by atoms with Gasteiger partial charge in [0, 0.05) is 17.1 Å². The first-order valence-corrected chi connectivity index (χ1v) is 8.00. The van der Waals surface area contributed by atoms with Crippen LogP contribution in [0.5, 0.6) is 0 Å². The highest BCUT2D eigenvalue weighted by Gasteiger charge is 2.09. The number of nitrogen functional groups attached to an aromatic ring is 1. The summed E-state index contributed by atoms with van der Waals surface area (Å²) in [6.45, 7) is 0. The third-order valence-corrected chi connectivity index (χ3v) is 4.16. The van der Waals surface area contributed by atoms with Crippen LogP contribution in [0.1, 0.15) is 0 Å². The van der Waals surface area contributed by atoms with Crippen LogP contribution in [-0.2, 0) is 10.1 Å². The number of hydrogen-bond acceptors (Lipinski definition) is 4. The van der Waals surface area contributed by atoms with Crippen LogP contribution < -0.4 is 11.1 Å². The van der Waals surface area contributed by atoms with E-state index in [0.29, 0.717) is 5.69 Å². The molecular weight excluding hydrogens is 300 g/mol. The second kappa shape index (κ2) is 5.32. The van der Waals surface area contributed by atoms with E-state index in [9.17, 15) is 8.42 Å². The third-order valence-electron chi connectivity index (χ3n) is 3.31. The van der Waals surface area contributed by atoms with Gasteiger partial charge in [-0.2, -0.15) is 8.42 Å². The van der Waals surface area contributed by atoms with E-state index in [1.54, 1.807) is 12.1 Å². The second-order valence-corrected chi connectivity index (χ2v) is 6.37. The fraction of sp³-hybridized carbons (Fsp3) is 0. The quantitative estimate of drug-likeness (QED) is 0.509. The number of nitrogens with two attached hydrogens (primary N) is 1. The molecule has 112 valence electrons. The van der Waals surface area contributed by atoms with Gasteiger partial charge in [-0.15, -0.1) is 0 Å². The number of hydrogen-bond donors (Lipinski definition) is 3. The smallest absolute Gasteiger partial charge is 0.294 e. The second-order valence-electron chi connectivity index (χ2n) is 4.95. The van der Waals surface area contributed by atoms with E-state index in [1.807, 2.05) is 36.4 Å². The summed E-state index contributed by atoms with van der Waals surface area (Å²) in [5, 5.41) is 4.85. The van der Waals surface area contributed by atoms with E-state index in [4.69, 9.17) is 10.3 Å². The van der Waals surface area contributed by atoms with Gasteiger partial charge >= 0.3 is 0 Å². The van der Waals surface area contributed by atoms with Crippen molar-refractivity contribution in [1.82, 2.24) is 0 Å². The highest BCUT2D eigenvalue weighted by atomic mass is 32.2. The third kappa shape index (κ3) is 3.03. The topological polar surface area (TPSA) is 92.4 Å². The molecule has 0 unspecified atom stereocenters. The van der Waals surface area contributed by atoms with Crippen molar-refractivity contribution < 1.29 is 13.0 Å². The Labute approximate surface area is 128 Å². The van der Waals surface area contributed by atoms with Gasteiger partial charge in [-0.25, -0.2) is 0 Å². The number of benzene rings is 3. The zero-order valence-electron chi connectivity index (χ0n) is 11.5. The molecule has 0 radical (unpaired) electrons. The summed E-state index contributed by atoms with van der Waals surface area (Å²) in [5.41, 5.74) is 8.12. The van der Waals surface area contributed by atoms with E-state index >= 15 is 0 Å². The lowest BCUT2D eigenvalue weighted by atomic mass is 10.1. The van der Waals surface area contributed by atoms with Crippen molar-refractivity contribution >= 4 is 38.0 Å². The molecular formula is C16H14N2O3S. The fourth-order valence-electron chi connectivity index (χ4n) is 2.20. The van der Waals surface area contributed by atoms with Crippen molar-refractivity contribution in [3.05, 3.63) is 60.7 Å². The Bertz CT molecular complexity index is 935. The lowest BCUT2D eigenvalue weighted by Gasteiger charge is -2.08. The van der Waals surface area contributed by atoms with Crippen molar-refractivity contribution in [3.8, 4) is 0 Å². The van der Waals surface area contributed by atoms with Crippen LogP contribution in [0.2, 0.25) is 0 Å². The van der Waals surface area contributed by atoms with Gasteiger partial charge in [0.1, 0.15) is 0 Å². The molecule has 0 aliphatic rings. The van der Waals surface area contributed by atoms with Crippen LogP contribution in [0.3, 0.4) is 0 Å². The van der Waals surface area contributed by atoms with Gasteiger partial charge < -0.3 is 11.1 Å².